The van der Waals surface area contributed by atoms with E-state index in [-0.39, 0.29) is 29.6 Å². The maximum Gasteiger partial charge on any atom is 0.224 e. The van der Waals surface area contributed by atoms with Gasteiger partial charge >= 0.3 is 0 Å². The van der Waals surface area contributed by atoms with E-state index in [9.17, 15) is 14.0 Å². The molecule has 1 saturated heterocycles. The summed E-state index contributed by atoms with van der Waals surface area (Å²) in [4.78, 5) is 24.9. The molecule has 1 aliphatic heterocycles. The Balaban J connectivity index is 1.85. The average molecular weight is 278 g/mol. The molecule has 1 aliphatic rings. The Morgan fingerprint density at radius 1 is 1.45 bits per heavy atom. The first-order chi connectivity index (χ1) is 9.45. The van der Waals surface area contributed by atoms with Crippen molar-refractivity contribution in [1.29, 1.82) is 0 Å². The van der Waals surface area contributed by atoms with Crippen molar-refractivity contribution in [3.63, 3.8) is 0 Å². The van der Waals surface area contributed by atoms with Gasteiger partial charge in [0.25, 0.3) is 0 Å². The molecular weight excluding hydrogens is 259 g/mol. The number of nitrogens with one attached hydrogen (secondary N) is 1. The van der Waals surface area contributed by atoms with Gasteiger partial charge in [0.05, 0.1) is 6.04 Å². The van der Waals surface area contributed by atoms with Crippen LogP contribution in [-0.4, -0.2) is 36.3 Å². The van der Waals surface area contributed by atoms with Gasteiger partial charge in [0.2, 0.25) is 11.8 Å². The summed E-state index contributed by atoms with van der Waals surface area (Å²) in [5.41, 5.74) is 0.932. The molecule has 1 heterocycles. The van der Waals surface area contributed by atoms with Gasteiger partial charge in [-0.2, -0.15) is 0 Å². The molecule has 1 aromatic rings. The number of nitrogens with zero attached hydrogens (tertiary/aromatic N) is 1. The zero-order valence-corrected chi connectivity index (χ0v) is 11.7. The largest absolute Gasteiger partial charge is 0.351 e. The van der Waals surface area contributed by atoms with E-state index >= 15 is 0 Å². The lowest BCUT2D eigenvalue weighted by Gasteiger charge is -2.15. The molecule has 4 nitrogen and oxygen atoms in total. The first-order valence-corrected chi connectivity index (χ1v) is 6.74. The second-order valence-electron chi connectivity index (χ2n) is 5.40. The van der Waals surface area contributed by atoms with E-state index in [0.717, 1.165) is 5.56 Å². The van der Waals surface area contributed by atoms with Crippen LogP contribution in [0, 0.1) is 5.82 Å². The number of amides is 2. The fraction of sp³-hybridized carbons (Fsp3) is 0.467. The lowest BCUT2D eigenvalue weighted by molar-refractivity contribution is -0.126. The molecule has 2 atom stereocenters. The Morgan fingerprint density at radius 3 is 2.65 bits per heavy atom. The topological polar surface area (TPSA) is 49.4 Å². The second-order valence-corrected chi connectivity index (χ2v) is 5.40. The minimum absolute atomic E-state index is 0.0189. The van der Waals surface area contributed by atoms with Crippen LogP contribution in [0.1, 0.15) is 31.2 Å². The molecule has 20 heavy (non-hydrogen) atoms. The van der Waals surface area contributed by atoms with Gasteiger partial charge in [-0.3, -0.25) is 9.59 Å². The number of likely N-dealkylation sites (tertiary alicyclic amines) is 1. The third-order valence-corrected chi connectivity index (χ3v) is 3.64. The molecule has 1 N–H and O–H groups in total. The molecule has 5 heteroatoms. The predicted molar refractivity (Wildman–Crippen MR) is 73.6 cm³/mol. The first kappa shape index (κ1) is 14.5. The molecule has 1 fully saturated rings. The predicted octanol–water partition coefficient (Wildman–Crippen LogP) is 1.67. The number of benzene rings is 1. The van der Waals surface area contributed by atoms with Crippen LogP contribution in [-0.2, 0) is 9.59 Å². The summed E-state index contributed by atoms with van der Waals surface area (Å²) in [6.07, 6.45) is 0.702. The van der Waals surface area contributed by atoms with E-state index in [2.05, 4.69) is 5.32 Å². The third kappa shape index (κ3) is 3.56. The standard InChI is InChI=1S/C15H19FN2O2/c1-10(11-3-5-12(16)6-4-11)7-14(19)17-13-8-15(20)18(2)9-13/h3-6,10,13H,7-9H2,1-2H3,(H,17,19)/t10-,13-/m0/s1. The number of carbonyl (C=O) groups is 2. The fourth-order valence-corrected chi connectivity index (χ4v) is 2.43. The Hall–Kier alpha value is -1.91. The van der Waals surface area contributed by atoms with Crippen LogP contribution in [0.15, 0.2) is 24.3 Å². The van der Waals surface area contributed by atoms with Gasteiger partial charge in [-0.05, 0) is 23.6 Å². The normalized spacial score (nSPS) is 20.1. The summed E-state index contributed by atoms with van der Waals surface area (Å²) in [5, 5.41) is 2.88. The van der Waals surface area contributed by atoms with Crippen molar-refractivity contribution in [3.8, 4) is 0 Å². The number of hydrogen-bond acceptors (Lipinski definition) is 2. The van der Waals surface area contributed by atoms with Crippen molar-refractivity contribution in [3.05, 3.63) is 35.6 Å². The highest BCUT2D eigenvalue weighted by Crippen LogP contribution is 2.19. The summed E-state index contributed by atoms with van der Waals surface area (Å²) in [6, 6.07) is 6.09. The maximum absolute atomic E-state index is 12.8. The van der Waals surface area contributed by atoms with Crippen molar-refractivity contribution < 1.29 is 14.0 Å². The van der Waals surface area contributed by atoms with Gasteiger partial charge in [0, 0.05) is 26.4 Å². The number of halogens is 1. The molecule has 1 aromatic carbocycles. The molecule has 2 rings (SSSR count). The summed E-state index contributed by atoms with van der Waals surface area (Å²) in [7, 11) is 1.73. The molecule has 0 saturated carbocycles. The monoisotopic (exact) mass is 278 g/mol. The second kappa shape index (κ2) is 6.03. The van der Waals surface area contributed by atoms with Gasteiger partial charge in [-0.1, -0.05) is 19.1 Å². The van der Waals surface area contributed by atoms with Crippen molar-refractivity contribution in [2.75, 3.05) is 13.6 Å². The average Bonchev–Trinajstić information content (AvgIpc) is 2.68. The SMILES string of the molecule is C[C@@H](CC(=O)N[C@H]1CC(=O)N(C)C1)c1ccc(F)cc1. The van der Waals surface area contributed by atoms with Crippen LogP contribution in [0.3, 0.4) is 0 Å². The summed E-state index contributed by atoms with van der Waals surface area (Å²) in [5.74, 6) is -0.278. The van der Waals surface area contributed by atoms with Crippen LogP contribution >= 0.6 is 0 Å². The van der Waals surface area contributed by atoms with Crippen molar-refractivity contribution in [1.82, 2.24) is 10.2 Å². The first-order valence-electron chi connectivity index (χ1n) is 6.74. The highest BCUT2D eigenvalue weighted by Gasteiger charge is 2.28. The smallest absolute Gasteiger partial charge is 0.224 e. The third-order valence-electron chi connectivity index (χ3n) is 3.64. The Labute approximate surface area is 118 Å². The number of likely N-dealkylation sites (N-methyl/N-ethyl adjacent to an activating group) is 1. The lowest BCUT2D eigenvalue weighted by atomic mass is 9.97. The summed E-state index contributed by atoms with van der Waals surface area (Å²) >= 11 is 0. The molecule has 0 bridgehead atoms. The minimum atomic E-state index is -0.280. The fourth-order valence-electron chi connectivity index (χ4n) is 2.43. The lowest BCUT2D eigenvalue weighted by Crippen LogP contribution is -2.36. The Bertz CT molecular complexity index is 501. The highest BCUT2D eigenvalue weighted by atomic mass is 19.1. The van der Waals surface area contributed by atoms with E-state index in [1.807, 2.05) is 6.92 Å². The van der Waals surface area contributed by atoms with Crippen molar-refractivity contribution >= 4 is 11.8 Å². The van der Waals surface area contributed by atoms with Crippen LogP contribution < -0.4 is 5.32 Å². The van der Waals surface area contributed by atoms with Crippen LogP contribution in [0.5, 0.6) is 0 Å². The van der Waals surface area contributed by atoms with Gasteiger partial charge in [-0.15, -0.1) is 0 Å². The van der Waals surface area contributed by atoms with E-state index in [1.54, 1.807) is 24.1 Å². The van der Waals surface area contributed by atoms with Crippen LogP contribution in [0.4, 0.5) is 4.39 Å². The summed E-state index contributed by atoms with van der Waals surface area (Å²) in [6.45, 7) is 2.49. The van der Waals surface area contributed by atoms with Crippen molar-refractivity contribution in [2.24, 2.45) is 0 Å². The molecule has 0 aliphatic carbocycles. The summed E-state index contributed by atoms with van der Waals surface area (Å²) < 4.78 is 12.8. The molecule has 0 radical (unpaired) electrons. The molecule has 0 unspecified atom stereocenters. The number of rotatable bonds is 4. The Morgan fingerprint density at radius 2 is 2.10 bits per heavy atom. The van der Waals surface area contributed by atoms with E-state index in [1.165, 1.54) is 12.1 Å². The quantitative estimate of drug-likeness (QED) is 0.910. The molecule has 2 amide bonds. The molecular formula is C15H19FN2O2. The number of carbonyl (C=O) groups excluding carboxylic acids is 2. The van der Waals surface area contributed by atoms with Gasteiger partial charge in [-0.25, -0.2) is 4.39 Å². The van der Waals surface area contributed by atoms with Gasteiger partial charge in [0.15, 0.2) is 0 Å². The zero-order chi connectivity index (χ0) is 14.7. The Kier molecular flexibility index (Phi) is 4.37. The van der Waals surface area contributed by atoms with E-state index in [4.69, 9.17) is 0 Å². The molecule has 108 valence electrons. The zero-order valence-electron chi connectivity index (χ0n) is 11.7. The van der Waals surface area contributed by atoms with E-state index < -0.39 is 0 Å². The molecule has 0 spiro atoms. The van der Waals surface area contributed by atoms with Crippen LogP contribution in [0.25, 0.3) is 0 Å². The number of hydrogen-bond donors (Lipinski definition) is 1. The van der Waals surface area contributed by atoms with Crippen LogP contribution in [0.2, 0.25) is 0 Å². The van der Waals surface area contributed by atoms with E-state index in [0.29, 0.717) is 19.4 Å². The van der Waals surface area contributed by atoms with Gasteiger partial charge < -0.3 is 10.2 Å². The molecule has 0 aromatic heterocycles. The highest BCUT2D eigenvalue weighted by molar-refractivity contribution is 5.82. The van der Waals surface area contributed by atoms with Crippen molar-refractivity contribution in [2.45, 2.75) is 31.7 Å². The maximum atomic E-state index is 12.8. The minimum Gasteiger partial charge on any atom is -0.351 e. The van der Waals surface area contributed by atoms with Gasteiger partial charge in [0.1, 0.15) is 5.82 Å².